The van der Waals surface area contributed by atoms with Gasteiger partial charge in [0, 0.05) is 20.2 Å². The SMILES string of the molecule is COCC(C)N(C)c1nnc(SCC(=O)O)n1C1CC1. The standard InChI is InChI=1S/C12H20N4O3S/c1-8(6-19-3)15(2)11-13-14-12(20-7-10(17)18)16(11)9-4-5-9/h8-9H,4-7H2,1-3H3,(H,17,18). The summed E-state index contributed by atoms with van der Waals surface area (Å²) in [6.45, 7) is 2.66. The lowest BCUT2D eigenvalue weighted by Crippen LogP contribution is -2.34. The molecule has 0 aliphatic heterocycles. The van der Waals surface area contributed by atoms with Crippen LogP contribution in [0.4, 0.5) is 5.95 Å². The maximum absolute atomic E-state index is 10.7. The molecule has 0 saturated heterocycles. The number of aromatic nitrogens is 3. The fourth-order valence-electron chi connectivity index (χ4n) is 1.94. The lowest BCUT2D eigenvalue weighted by Gasteiger charge is -2.25. The van der Waals surface area contributed by atoms with E-state index in [2.05, 4.69) is 21.7 Å². The first kappa shape index (κ1) is 15.1. The number of carbonyl (C=O) groups is 1. The summed E-state index contributed by atoms with van der Waals surface area (Å²) in [4.78, 5) is 12.7. The summed E-state index contributed by atoms with van der Waals surface area (Å²) in [6, 6.07) is 0.576. The Bertz CT molecular complexity index is 475. The van der Waals surface area contributed by atoms with Gasteiger partial charge in [0.25, 0.3) is 0 Å². The van der Waals surface area contributed by atoms with Crippen LogP contribution >= 0.6 is 11.8 Å². The van der Waals surface area contributed by atoms with Gasteiger partial charge in [-0.3, -0.25) is 9.36 Å². The summed E-state index contributed by atoms with van der Waals surface area (Å²) < 4.78 is 7.22. The quantitative estimate of drug-likeness (QED) is 0.724. The Morgan fingerprint density at radius 1 is 1.60 bits per heavy atom. The number of ether oxygens (including phenoxy) is 1. The van der Waals surface area contributed by atoms with Crippen molar-refractivity contribution >= 4 is 23.7 Å². The van der Waals surface area contributed by atoms with E-state index in [1.165, 1.54) is 11.8 Å². The molecule has 1 atom stereocenters. The van der Waals surface area contributed by atoms with Gasteiger partial charge in [-0.05, 0) is 19.8 Å². The largest absolute Gasteiger partial charge is 0.481 e. The number of thioether (sulfide) groups is 1. The van der Waals surface area contributed by atoms with Crippen molar-refractivity contribution in [2.24, 2.45) is 0 Å². The lowest BCUT2D eigenvalue weighted by atomic mass is 10.3. The van der Waals surface area contributed by atoms with Crippen molar-refractivity contribution in [3.63, 3.8) is 0 Å². The van der Waals surface area contributed by atoms with E-state index in [1.807, 2.05) is 11.9 Å². The second-order valence-corrected chi connectivity index (χ2v) is 5.92. The summed E-state index contributed by atoms with van der Waals surface area (Å²) in [5.41, 5.74) is 0. The Kier molecular flexibility index (Phi) is 4.87. The topological polar surface area (TPSA) is 80.5 Å². The Morgan fingerprint density at radius 3 is 2.85 bits per heavy atom. The number of rotatable bonds is 8. The number of likely N-dealkylation sites (N-methyl/N-ethyl adjacent to an activating group) is 1. The first-order chi connectivity index (χ1) is 9.54. The third kappa shape index (κ3) is 3.43. The van der Waals surface area contributed by atoms with Gasteiger partial charge in [-0.15, -0.1) is 10.2 Å². The monoisotopic (exact) mass is 300 g/mol. The molecule has 7 nitrogen and oxygen atoms in total. The van der Waals surface area contributed by atoms with Gasteiger partial charge in [0.2, 0.25) is 5.95 Å². The molecule has 2 rings (SSSR count). The van der Waals surface area contributed by atoms with Crippen LogP contribution in [0.1, 0.15) is 25.8 Å². The van der Waals surface area contributed by atoms with Crippen LogP contribution in [0, 0.1) is 0 Å². The molecule has 0 bridgehead atoms. The number of hydrogen-bond donors (Lipinski definition) is 1. The average molecular weight is 300 g/mol. The summed E-state index contributed by atoms with van der Waals surface area (Å²) in [6.07, 6.45) is 2.19. The van der Waals surface area contributed by atoms with Gasteiger partial charge in [0.1, 0.15) is 0 Å². The highest BCUT2D eigenvalue weighted by atomic mass is 32.2. The van der Waals surface area contributed by atoms with Crippen molar-refractivity contribution in [3.05, 3.63) is 0 Å². The highest BCUT2D eigenvalue weighted by Gasteiger charge is 2.32. The van der Waals surface area contributed by atoms with Gasteiger partial charge in [-0.2, -0.15) is 0 Å². The minimum atomic E-state index is -0.844. The van der Waals surface area contributed by atoms with Crippen molar-refractivity contribution < 1.29 is 14.6 Å². The predicted octanol–water partition coefficient (Wildman–Crippen LogP) is 1.26. The zero-order chi connectivity index (χ0) is 14.7. The maximum atomic E-state index is 10.7. The minimum Gasteiger partial charge on any atom is -0.481 e. The van der Waals surface area contributed by atoms with Crippen LogP contribution in [-0.2, 0) is 9.53 Å². The second kappa shape index (κ2) is 6.45. The first-order valence-corrected chi connectivity index (χ1v) is 7.54. The van der Waals surface area contributed by atoms with Crippen molar-refractivity contribution in [3.8, 4) is 0 Å². The fraction of sp³-hybridized carbons (Fsp3) is 0.750. The van der Waals surface area contributed by atoms with Crippen LogP contribution in [0.25, 0.3) is 0 Å². The predicted molar refractivity (Wildman–Crippen MR) is 76.4 cm³/mol. The molecule has 0 amide bonds. The van der Waals surface area contributed by atoms with E-state index in [-0.39, 0.29) is 11.8 Å². The lowest BCUT2D eigenvalue weighted by molar-refractivity contribution is -0.133. The molecule has 1 heterocycles. The van der Waals surface area contributed by atoms with Crippen molar-refractivity contribution in [1.82, 2.24) is 14.8 Å². The molecule has 1 aliphatic carbocycles. The van der Waals surface area contributed by atoms with Crippen LogP contribution < -0.4 is 4.90 Å². The van der Waals surface area contributed by atoms with Crippen LogP contribution in [-0.4, -0.2) is 58.4 Å². The fourth-order valence-corrected chi connectivity index (χ4v) is 2.66. The Morgan fingerprint density at radius 2 is 2.30 bits per heavy atom. The molecule has 0 spiro atoms. The molecule has 0 aromatic carbocycles. The molecule has 1 aromatic heterocycles. The molecule has 1 fully saturated rings. The van der Waals surface area contributed by atoms with E-state index < -0.39 is 5.97 Å². The highest BCUT2D eigenvalue weighted by molar-refractivity contribution is 7.99. The zero-order valence-electron chi connectivity index (χ0n) is 11.9. The highest BCUT2D eigenvalue weighted by Crippen LogP contribution is 2.40. The Balaban J connectivity index is 2.18. The van der Waals surface area contributed by atoms with E-state index in [9.17, 15) is 4.79 Å². The molecule has 1 saturated carbocycles. The second-order valence-electron chi connectivity index (χ2n) is 4.98. The van der Waals surface area contributed by atoms with Crippen LogP contribution in [0.3, 0.4) is 0 Å². The summed E-state index contributed by atoms with van der Waals surface area (Å²) in [5, 5.41) is 17.8. The molecular formula is C12H20N4O3S. The van der Waals surface area contributed by atoms with Gasteiger partial charge < -0.3 is 14.7 Å². The number of anilines is 1. The average Bonchev–Trinajstić information content (AvgIpc) is 3.15. The third-order valence-corrected chi connectivity index (χ3v) is 4.20. The van der Waals surface area contributed by atoms with E-state index in [4.69, 9.17) is 9.84 Å². The molecule has 20 heavy (non-hydrogen) atoms. The maximum Gasteiger partial charge on any atom is 0.313 e. The smallest absolute Gasteiger partial charge is 0.313 e. The van der Waals surface area contributed by atoms with Gasteiger partial charge in [0.05, 0.1) is 18.4 Å². The number of carboxylic acid groups (broad SMARTS) is 1. The van der Waals surface area contributed by atoms with E-state index >= 15 is 0 Å². The molecule has 8 heteroatoms. The summed E-state index contributed by atoms with van der Waals surface area (Å²) in [5.74, 6) is -0.0599. The number of carboxylic acids is 1. The summed E-state index contributed by atoms with van der Waals surface area (Å²) in [7, 11) is 3.63. The molecule has 0 radical (unpaired) electrons. The van der Waals surface area contributed by atoms with Crippen molar-refractivity contribution in [1.29, 1.82) is 0 Å². The molecule has 1 unspecified atom stereocenters. The van der Waals surface area contributed by atoms with Crippen molar-refractivity contribution in [2.75, 3.05) is 31.4 Å². The van der Waals surface area contributed by atoms with Crippen LogP contribution in [0.15, 0.2) is 5.16 Å². The van der Waals surface area contributed by atoms with E-state index in [0.29, 0.717) is 17.8 Å². The van der Waals surface area contributed by atoms with Crippen LogP contribution in [0.2, 0.25) is 0 Å². The van der Waals surface area contributed by atoms with Crippen molar-refractivity contribution in [2.45, 2.75) is 37.0 Å². The Labute approximate surface area is 122 Å². The van der Waals surface area contributed by atoms with Gasteiger partial charge in [-0.1, -0.05) is 11.8 Å². The molecule has 1 N–H and O–H groups in total. The number of methoxy groups -OCH3 is 1. The zero-order valence-corrected chi connectivity index (χ0v) is 12.8. The molecule has 1 aromatic rings. The van der Waals surface area contributed by atoms with Gasteiger partial charge in [0.15, 0.2) is 5.16 Å². The first-order valence-electron chi connectivity index (χ1n) is 6.55. The molecule has 112 valence electrons. The molecular weight excluding hydrogens is 280 g/mol. The molecule has 1 aliphatic rings. The summed E-state index contributed by atoms with van der Waals surface area (Å²) >= 11 is 1.22. The third-order valence-electron chi connectivity index (χ3n) is 3.27. The van der Waals surface area contributed by atoms with Gasteiger partial charge >= 0.3 is 5.97 Å². The van der Waals surface area contributed by atoms with Gasteiger partial charge in [-0.25, -0.2) is 0 Å². The normalized spacial score (nSPS) is 16.1. The Hall–Kier alpha value is -1.28. The number of aliphatic carboxylic acids is 1. The van der Waals surface area contributed by atoms with Crippen LogP contribution in [0.5, 0.6) is 0 Å². The number of hydrogen-bond acceptors (Lipinski definition) is 6. The minimum absolute atomic E-state index is 0.00217. The van der Waals surface area contributed by atoms with E-state index in [1.54, 1.807) is 7.11 Å². The number of nitrogens with zero attached hydrogens (tertiary/aromatic N) is 4. The van der Waals surface area contributed by atoms with E-state index in [0.717, 1.165) is 18.8 Å².